The fourth-order valence-electron chi connectivity index (χ4n) is 0.734. The number of aryl methyl sites for hydroxylation is 1. The molecule has 0 aromatic carbocycles. The van der Waals surface area contributed by atoms with Gasteiger partial charge >= 0.3 is 0 Å². The van der Waals surface area contributed by atoms with Gasteiger partial charge in [0.15, 0.2) is 5.82 Å². The Bertz CT molecular complexity index is 275. The Morgan fingerprint density at radius 2 is 2.50 bits per heavy atom. The van der Waals surface area contributed by atoms with E-state index in [1.165, 1.54) is 0 Å². The molecule has 0 aliphatic heterocycles. The second-order valence-electron chi connectivity index (χ2n) is 2.52. The molecule has 5 heteroatoms. The van der Waals surface area contributed by atoms with Gasteiger partial charge in [-0.3, -0.25) is 4.99 Å². The summed E-state index contributed by atoms with van der Waals surface area (Å²) >= 11 is 0. The van der Waals surface area contributed by atoms with Gasteiger partial charge in [-0.25, -0.2) is 0 Å². The first-order valence-electron chi connectivity index (χ1n) is 3.85. The smallest absolute Gasteiger partial charge is 0.154 e. The van der Waals surface area contributed by atoms with Crippen LogP contribution in [0, 0.1) is 0 Å². The Kier molecular flexibility index (Phi) is 2.79. The summed E-state index contributed by atoms with van der Waals surface area (Å²) in [5, 5.41) is 7.60. The molecule has 2 N–H and O–H groups in total. The molecule has 1 aromatic rings. The molecule has 0 bridgehead atoms. The SMILES string of the molecule is CCC(N)=NCc1nncn1C. The zero-order chi connectivity index (χ0) is 8.97. The van der Waals surface area contributed by atoms with Gasteiger partial charge in [0, 0.05) is 13.5 Å². The first-order chi connectivity index (χ1) is 5.74. The predicted octanol–water partition coefficient (Wildman–Crippen LogP) is 0.0823. The van der Waals surface area contributed by atoms with Crippen molar-refractivity contribution in [3.63, 3.8) is 0 Å². The van der Waals surface area contributed by atoms with Crippen molar-refractivity contribution < 1.29 is 0 Å². The molecule has 0 spiro atoms. The van der Waals surface area contributed by atoms with Gasteiger partial charge in [-0.15, -0.1) is 10.2 Å². The van der Waals surface area contributed by atoms with Crippen molar-refractivity contribution in [3.8, 4) is 0 Å². The van der Waals surface area contributed by atoms with Crippen LogP contribution in [0.5, 0.6) is 0 Å². The van der Waals surface area contributed by atoms with Gasteiger partial charge in [-0.2, -0.15) is 0 Å². The summed E-state index contributed by atoms with van der Waals surface area (Å²) in [5.41, 5.74) is 5.53. The molecule has 0 aliphatic carbocycles. The van der Waals surface area contributed by atoms with Crippen molar-refractivity contribution in [1.82, 2.24) is 14.8 Å². The van der Waals surface area contributed by atoms with Crippen LogP contribution in [0.2, 0.25) is 0 Å². The highest BCUT2D eigenvalue weighted by Crippen LogP contribution is 1.94. The Morgan fingerprint density at radius 1 is 1.75 bits per heavy atom. The summed E-state index contributed by atoms with van der Waals surface area (Å²) in [5.74, 6) is 1.48. The fourth-order valence-corrected chi connectivity index (χ4v) is 0.734. The fraction of sp³-hybridized carbons (Fsp3) is 0.571. The molecule has 0 aliphatic rings. The average molecular weight is 167 g/mol. The van der Waals surface area contributed by atoms with E-state index in [4.69, 9.17) is 5.73 Å². The van der Waals surface area contributed by atoms with E-state index in [0.29, 0.717) is 12.4 Å². The number of aliphatic imine (C=N–C) groups is 1. The van der Waals surface area contributed by atoms with Gasteiger partial charge in [-0.1, -0.05) is 6.92 Å². The normalized spacial score (nSPS) is 12.0. The number of rotatable bonds is 3. The molecule has 0 amide bonds. The number of nitrogens with two attached hydrogens (primary N) is 1. The van der Waals surface area contributed by atoms with E-state index in [-0.39, 0.29) is 0 Å². The molecule has 0 radical (unpaired) electrons. The molecule has 0 saturated heterocycles. The maximum atomic E-state index is 5.53. The van der Waals surface area contributed by atoms with Gasteiger partial charge in [0.25, 0.3) is 0 Å². The molecule has 1 heterocycles. The number of nitrogens with zero attached hydrogens (tertiary/aromatic N) is 4. The number of hydrogen-bond acceptors (Lipinski definition) is 3. The van der Waals surface area contributed by atoms with E-state index >= 15 is 0 Å². The van der Waals surface area contributed by atoms with E-state index in [1.54, 1.807) is 6.33 Å². The van der Waals surface area contributed by atoms with Crippen LogP contribution in [0.25, 0.3) is 0 Å². The Labute approximate surface area is 71.3 Å². The minimum atomic E-state index is 0.510. The summed E-state index contributed by atoms with van der Waals surface area (Å²) in [4.78, 5) is 4.12. The predicted molar refractivity (Wildman–Crippen MR) is 46.6 cm³/mol. The van der Waals surface area contributed by atoms with Gasteiger partial charge in [0.1, 0.15) is 12.9 Å². The number of amidine groups is 1. The average Bonchev–Trinajstić information content (AvgIpc) is 2.47. The van der Waals surface area contributed by atoms with Crippen LogP contribution in [0.3, 0.4) is 0 Å². The highest BCUT2D eigenvalue weighted by molar-refractivity contribution is 5.79. The van der Waals surface area contributed by atoms with E-state index in [9.17, 15) is 0 Å². The van der Waals surface area contributed by atoms with Crippen molar-refractivity contribution in [1.29, 1.82) is 0 Å². The van der Waals surface area contributed by atoms with E-state index in [1.807, 2.05) is 18.5 Å². The maximum absolute atomic E-state index is 5.53. The third-order valence-corrected chi connectivity index (χ3v) is 1.59. The monoisotopic (exact) mass is 167 g/mol. The Hall–Kier alpha value is -1.39. The van der Waals surface area contributed by atoms with Crippen LogP contribution >= 0.6 is 0 Å². The second-order valence-corrected chi connectivity index (χ2v) is 2.52. The summed E-state index contributed by atoms with van der Waals surface area (Å²) in [7, 11) is 1.88. The van der Waals surface area contributed by atoms with Crippen molar-refractivity contribution in [2.75, 3.05) is 0 Å². The molecule has 5 nitrogen and oxygen atoms in total. The quantitative estimate of drug-likeness (QED) is 0.512. The Morgan fingerprint density at radius 3 is 3.00 bits per heavy atom. The number of hydrogen-bond donors (Lipinski definition) is 1. The van der Waals surface area contributed by atoms with Crippen molar-refractivity contribution in [2.45, 2.75) is 19.9 Å². The van der Waals surface area contributed by atoms with Crippen molar-refractivity contribution in [2.24, 2.45) is 17.8 Å². The van der Waals surface area contributed by atoms with Crippen molar-refractivity contribution >= 4 is 5.84 Å². The molecule has 1 rings (SSSR count). The zero-order valence-corrected chi connectivity index (χ0v) is 7.36. The van der Waals surface area contributed by atoms with Gasteiger partial charge in [0.05, 0.1) is 5.84 Å². The summed E-state index contributed by atoms with van der Waals surface area (Å²) < 4.78 is 1.83. The van der Waals surface area contributed by atoms with Crippen LogP contribution in [0.1, 0.15) is 19.2 Å². The zero-order valence-electron chi connectivity index (χ0n) is 7.36. The highest BCUT2D eigenvalue weighted by Gasteiger charge is 1.97. The molecule has 0 atom stereocenters. The van der Waals surface area contributed by atoms with Gasteiger partial charge < -0.3 is 10.3 Å². The lowest BCUT2D eigenvalue weighted by atomic mass is 10.4. The lowest BCUT2D eigenvalue weighted by Gasteiger charge is -1.96. The third-order valence-electron chi connectivity index (χ3n) is 1.59. The summed E-state index contributed by atoms with van der Waals surface area (Å²) in [6.07, 6.45) is 2.42. The van der Waals surface area contributed by atoms with Crippen LogP contribution < -0.4 is 5.73 Å². The standard InChI is InChI=1S/C7H13N5/c1-3-6(8)9-4-7-11-10-5-12(7)2/h5H,3-4H2,1-2H3,(H2,8,9). The van der Waals surface area contributed by atoms with Gasteiger partial charge in [0.2, 0.25) is 0 Å². The first-order valence-corrected chi connectivity index (χ1v) is 3.85. The molecule has 0 fully saturated rings. The first kappa shape index (κ1) is 8.70. The lowest BCUT2D eigenvalue weighted by Crippen LogP contribution is -2.10. The van der Waals surface area contributed by atoms with Crippen LogP contribution in [-0.2, 0) is 13.6 Å². The van der Waals surface area contributed by atoms with Gasteiger partial charge in [-0.05, 0) is 0 Å². The van der Waals surface area contributed by atoms with Crippen LogP contribution in [0.15, 0.2) is 11.3 Å². The maximum Gasteiger partial charge on any atom is 0.154 e. The summed E-state index contributed by atoms with van der Waals surface area (Å²) in [6, 6.07) is 0. The molecule has 0 saturated carbocycles. The van der Waals surface area contributed by atoms with E-state index < -0.39 is 0 Å². The van der Waals surface area contributed by atoms with Crippen molar-refractivity contribution in [3.05, 3.63) is 12.2 Å². The summed E-state index contributed by atoms with van der Waals surface area (Å²) in [6.45, 7) is 2.48. The lowest BCUT2D eigenvalue weighted by molar-refractivity contribution is 0.791. The van der Waals surface area contributed by atoms with Crippen LogP contribution in [0.4, 0.5) is 0 Å². The molecule has 0 unspecified atom stereocenters. The van der Waals surface area contributed by atoms with E-state index in [0.717, 1.165) is 12.2 Å². The topological polar surface area (TPSA) is 69.1 Å². The third kappa shape index (κ3) is 2.05. The van der Waals surface area contributed by atoms with E-state index in [2.05, 4.69) is 15.2 Å². The molecule has 12 heavy (non-hydrogen) atoms. The second kappa shape index (κ2) is 3.85. The minimum Gasteiger partial charge on any atom is -0.387 e. The Balaban J connectivity index is 2.59. The molecule has 1 aromatic heterocycles. The largest absolute Gasteiger partial charge is 0.387 e. The highest BCUT2D eigenvalue weighted by atomic mass is 15.3. The molecular weight excluding hydrogens is 154 g/mol. The molecular formula is C7H13N5. The number of aromatic nitrogens is 3. The minimum absolute atomic E-state index is 0.510. The van der Waals surface area contributed by atoms with Crippen LogP contribution in [-0.4, -0.2) is 20.6 Å². The molecule has 66 valence electrons.